The van der Waals surface area contributed by atoms with Gasteiger partial charge >= 0.3 is 5.97 Å². The van der Waals surface area contributed by atoms with E-state index in [9.17, 15) is 4.79 Å². The highest BCUT2D eigenvalue weighted by atomic mass is 16.6. The normalized spacial score (nSPS) is 10.8. The second-order valence-corrected chi connectivity index (χ2v) is 5.29. The fourth-order valence-electron chi connectivity index (χ4n) is 2.26. The summed E-state index contributed by atoms with van der Waals surface area (Å²) in [5.41, 5.74) is 1.64. The second kappa shape index (κ2) is 8.62. The van der Waals surface area contributed by atoms with E-state index < -0.39 is 5.97 Å². The first-order chi connectivity index (χ1) is 12.8. The SMILES string of the molecule is CCOc1ccccc1/C=C/C(=O)OCc1nc(-c2ccccc2)no1. The summed E-state index contributed by atoms with van der Waals surface area (Å²) in [6.45, 7) is 2.37. The van der Waals surface area contributed by atoms with Gasteiger partial charge in [0.05, 0.1) is 6.61 Å². The van der Waals surface area contributed by atoms with Crippen LogP contribution in [0.4, 0.5) is 0 Å². The van der Waals surface area contributed by atoms with Crippen LogP contribution in [0.1, 0.15) is 18.4 Å². The molecule has 3 aromatic rings. The molecule has 0 unspecified atom stereocenters. The Bertz CT molecular complexity index is 888. The number of benzene rings is 2. The molecule has 2 aromatic carbocycles. The molecule has 0 aliphatic carbocycles. The monoisotopic (exact) mass is 350 g/mol. The predicted octanol–water partition coefficient (Wildman–Crippen LogP) is 3.89. The predicted molar refractivity (Wildman–Crippen MR) is 96.2 cm³/mol. The van der Waals surface area contributed by atoms with E-state index in [0.29, 0.717) is 18.2 Å². The molecule has 132 valence electrons. The molecule has 1 aromatic heterocycles. The number of nitrogens with zero attached hydrogens (tertiary/aromatic N) is 2. The smallest absolute Gasteiger partial charge is 0.331 e. The number of hydrogen-bond donors (Lipinski definition) is 0. The number of para-hydroxylation sites is 1. The molecule has 0 saturated carbocycles. The Morgan fingerprint density at radius 3 is 2.69 bits per heavy atom. The quantitative estimate of drug-likeness (QED) is 0.475. The summed E-state index contributed by atoms with van der Waals surface area (Å²) in [6, 6.07) is 16.9. The maximum absolute atomic E-state index is 11.9. The minimum atomic E-state index is -0.504. The van der Waals surface area contributed by atoms with Crippen LogP contribution in [0.25, 0.3) is 17.5 Å². The van der Waals surface area contributed by atoms with E-state index in [4.69, 9.17) is 14.0 Å². The van der Waals surface area contributed by atoms with Gasteiger partial charge in [-0.25, -0.2) is 4.79 Å². The molecule has 6 heteroatoms. The van der Waals surface area contributed by atoms with Crippen LogP contribution in [0.5, 0.6) is 5.75 Å². The molecule has 0 aliphatic rings. The van der Waals surface area contributed by atoms with Crippen LogP contribution in [0.15, 0.2) is 65.2 Å². The van der Waals surface area contributed by atoms with E-state index in [1.165, 1.54) is 6.08 Å². The van der Waals surface area contributed by atoms with Crippen molar-refractivity contribution in [1.29, 1.82) is 0 Å². The number of aromatic nitrogens is 2. The van der Waals surface area contributed by atoms with E-state index >= 15 is 0 Å². The largest absolute Gasteiger partial charge is 0.493 e. The third kappa shape index (κ3) is 4.57. The molecule has 0 spiro atoms. The Hall–Kier alpha value is -3.41. The first-order valence-electron chi connectivity index (χ1n) is 8.21. The number of ether oxygens (including phenoxy) is 2. The highest BCUT2D eigenvalue weighted by Crippen LogP contribution is 2.19. The minimum Gasteiger partial charge on any atom is -0.493 e. The molecule has 1 heterocycles. The van der Waals surface area contributed by atoms with Crippen LogP contribution in [0.3, 0.4) is 0 Å². The molecule has 0 fully saturated rings. The zero-order chi connectivity index (χ0) is 18.2. The van der Waals surface area contributed by atoms with Crippen molar-refractivity contribution in [3.05, 3.63) is 72.1 Å². The molecule has 0 atom stereocenters. The number of carbonyl (C=O) groups excluding carboxylic acids is 1. The van der Waals surface area contributed by atoms with E-state index in [-0.39, 0.29) is 12.5 Å². The third-order valence-corrected chi connectivity index (χ3v) is 3.46. The van der Waals surface area contributed by atoms with E-state index in [0.717, 1.165) is 11.1 Å². The first kappa shape index (κ1) is 17.4. The van der Waals surface area contributed by atoms with Crippen molar-refractivity contribution in [2.75, 3.05) is 6.61 Å². The molecule has 26 heavy (non-hydrogen) atoms. The Labute approximate surface area is 151 Å². The fraction of sp³-hybridized carbons (Fsp3) is 0.150. The van der Waals surface area contributed by atoms with Crippen LogP contribution in [0.2, 0.25) is 0 Å². The number of carbonyl (C=O) groups is 1. The lowest BCUT2D eigenvalue weighted by Gasteiger charge is -2.06. The average Bonchev–Trinajstić information content (AvgIpc) is 3.16. The van der Waals surface area contributed by atoms with Gasteiger partial charge in [0.1, 0.15) is 5.75 Å². The van der Waals surface area contributed by atoms with Gasteiger partial charge in [-0.05, 0) is 19.1 Å². The number of esters is 1. The summed E-state index contributed by atoms with van der Waals surface area (Å²) in [7, 11) is 0. The Balaban J connectivity index is 1.57. The van der Waals surface area contributed by atoms with Crippen LogP contribution in [0, 0.1) is 0 Å². The van der Waals surface area contributed by atoms with Crippen molar-refractivity contribution in [3.8, 4) is 17.1 Å². The zero-order valence-corrected chi connectivity index (χ0v) is 14.3. The maximum Gasteiger partial charge on any atom is 0.331 e. The average molecular weight is 350 g/mol. The Morgan fingerprint density at radius 2 is 1.88 bits per heavy atom. The highest BCUT2D eigenvalue weighted by Gasteiger charge is 2.10. The van der Waals surface area contributed by atoms with Crippen LogP contribution in [-0.2, 0) is 16.1 Å². The topological polar surface area (TPSA) is 74.5 Å². The van der Waals surface area contributed by atoms with Crippen molar-refractivity contribution < 1.29 is 18.8 Å². The van der Waals surface area contributed by atoms with E-state index in [1.807, 2.05) is 61.5 Å². The summed E-state index contributed by atoms with van der Waals surface area (Å²) in [4.78, 5) is 16.1. The summed E-state index contributed by atoms with van der Waals surface area (Å²) in [6.07, 6.45) is 2.99. The molecule has 0 bridgehead atoms. The van der Waals surface area contributed by atoms with Gasteiger partial charge in [-0.15, -0.1) is 0 Å². The maximum atomic E-state index is 11.9. The van der Waals surface area contributed by atoms with Crippen molar-refractivity contribution in [3.63, 3.8) is 0 Å². The minimum absolute atomic E-state index is 0.0872. The molecular weight excluding hydrogens is 332 g/mol. The van der Waals surface area contributed by atoms with Crippen LogP contribution < -0.4 is 4.74 Å². The van der Waals surface area contributed by atoms with Gasteiger partial charge in [0.15, 0.2) is 6.61 Å². The van der Waals surface area contributed by atoms with E-state index in [2.05, 4.69) is 10.1 Å². The summed E-state index contributed by atoms with van der Waals surface area (Å²) < 4.78 is 15.7. The molecule has 6 nitrogen and oxygen atoms in total. The van der Waals surface area contributed by atoms with Crippen molar-refractivity contribution in [2.45, 2.75) is 13.5 Å². The van der Waals surface area contributed by atoms with Gasteiger partial charge in [-0.2, -0.15) is 4.98 Å². The number of hydrogen-bond acceptors (Lipinski definition) is 6. The summed E-state index contributed by atoms with van der Waals surface area (Å²) in [5, 5.41) is 3.88. The van der Waals surface area contributed by atoms with Crippen molar-refractivity contribution in [2.24, 2.45) is 0 Å². The van der Waals surface area contributed by atoms with Gasteiger partial charge < -0.3 is 14.0 Å². The van der Waals surface area contributed by atoms with Crippen LogP contribution >= 0.6 is 0 Å². The first-order valence-corrected chi connectivity index (χ1v) is 8.21. The molecule has 0 amide bonds. The Morgan fingerprint density at radius 1 is 1.12 bits per heavy atom. The zero-order valence-electron chi connectivity index (χ0n) is 14.3. The molecule has 0 saturated heterocycles. The highest BCUT2D eigenvalue weighted by molar-refractivity contribution is 5.87. The van der Waals surface area contributed by atoms with Gasteiger partial charge in [-0.3, -0.25) is 0 Å². The lowest BCUT2D eigenvalue weighted by Crippen LogP contribution is -2.01. The second-order valence-electron chi connectivity index (χ2n) is 5.29. The number of rotatable bonds is 7. The Kier molecular flexibility index (Phi) is 5.77. The van der Waals surface area contributed by atoms with Gasteiger partial charge in [0, 0.05) is 17.2 Å². The molecule has 0 N–H and O–H groups in total. The molecule has 3 rings (SSSR count). The fourth-order valence-corrected chi connectivity index (χ4v) is 2.26. The van der Waals surface area contributed by atoms with Gasteiger partial charge in [0.2, 0.25) is 5.82 Å². The van der Waals surface area contributed by atoms with Gasteiger partial charge in [0.25, 0.3) is 5.89 Å². The molecule has 0 aliphatic heterocycles. The van der Waals surface area contributed by atoms with Crippen molar-refractivity contribution in [1.82, 2.24) is 10.1 Å². The lowest BCUT2D eigenvalue weighted by molar-refractivity contribution is -0.139. The van der Waals surface area contributed by atoms with Crippen LogP contribution in [-0.4, -0.2) is 22.7 Å². The van der Waals surface area contributed by atoms with E-state index in [1.54, 1.807) is 6.08 Å². The van der Waals surface area contributed by atoms with Gasteiger partial charge in [-0.1, -0.05) is 53.7 Å². The third-order valence-electron chi connectivity index (χ3n) is 3.46. The molecule has 0 radical (unpaired) electrons. The lowest BCUT2D eigenvalue weighted by atomic mass is 10.2. The standard InChI is InChI=1S/C20H18N2O4/c1-2-24-17-11-7-6-8-15(17)12-13-19(23)25-14-18-21-20(22-26-18)16-9-4-3-5-10-16/h3-13H,2,14H2,1H3/b13-12+. The summed E-state index contributed by atoms with van der Waals surface area (Å²) >= 11 is 0. The molecular formula is C20H18N2O4. The van der Waals surface area contributed by atoms with Crippen molar-refractivity contribution >= 4 is 12.0 Å². The summed E-state index contributed by atoms with van der Waals surface area (Å²) in [5.74, 6) is 0.900.